The Hall–Kier alpha value is -0.340. The van der Waals surface area contributed by atoms with Gasteiger partial charge in [0.05, 0.1) is 12.2 Å². The van der Waals surface area contributed by atoms with Gasteiger partial charge in [0.15, 0.2) is 0 Å². The van der Waals surface area contributed by atoms with Gasteiger partial charge in [-0.2, -0.15) is 0 Å². The number of nitrogens with one attached hydrogen (secondary N) is 1. The van der Waals surface area contributed by atoms with Gasteiger partial charge in [0.1, 0.15) is 0 Å². The number of rotatable bonds is 4. The Kier molecular flexibility index (Phi) is 3.47. The molecule has 2 heteroatoms. The molecule has 2 rings (SSSR count). The number of allylic oxidation sites excluding steroid dienone is 1. The minimum Gasteiger partial charge on any atom is -0.375 e. The van der Waals surface area contributed by atoms with Crippen molar-refractivity contribution in [2.24, 2.45) is 5.92 Å². The van der Waals surface area contributed by atoms with Gasteiger partial charge in [-0.15, -0.1) is 0 Å². The molecule has 2 fully saturated rings. The van der Waals surface area contributed by atoms with E-state index in [0.29, 0.717) is 24.2 Å². The van der Waals surface area contributed by atoms with Gasteiger partial charge in [-0.1, -0.05) is 18.6 Å². The maximum Gasteiger partial charge on any atom is 0.0626 e. The first-order chi connectivity index (χ1) is 7.20. The standard InChI is InChI=1S/C13H23NO/c1-4-14-12(7-9(2)3)11-8-10-5-6-13(11)15-10/h7,10-14H,4-6,8H2,1-3H3. The van der Waals surface area contributed by atoms with E-state index in [1.165, 1.54) is 24.8 Å². The number of likely N-dealkylation sites (N-methyl/N-ethyl adjacent to an activating group) is 1. The molecule has 0 amide bonds. The Morgan fingerprint density at radius 2 is 2.27 bits per heavy atom. The summed E-state index contributed by atoms with van der Waals surface area (Å²) in [6.45, 7) is 7.58. The highest BCUT2D eigenvalue weighted by atomic mass is 16.5. The van der Waals surface area contributed by atoms with Crippen LogP contribution in [0.25, 0.3) is 0 Å². The number of hydrogen-bond acceptors (Lipinski definition) is 2. The molecule has 2 heterocycles. The molecule has 0 aromatic rings. The molecule has 4 unspecified atom stereocenters. The van der Waals surface area contributed by atoms with Crippen molar-refractivity contribution in [2.45, 2.75) is 58.3 Å². The van der Waals surface area contributed by atoms with Crippen LogP contribution in [0.4, 0.5) is 0 Å². The molecular weight excluding hydrogens is 186 g/mol. The van der Waals surface area contributed by atoms with E-state index in [1.807, 2.05) is 0 Å². The smallest absolute Gasteiger partial charge is 0.0626 e. The summed E-state index contributed by atoms with van der Waals surface area (Å²) in [7, 11) is 0. The average Bonchev–Trinajstić information content (AvgIpc) is 2.77. The summed E-state index contributed by atoms with van der Waals surface area (Å²) in [4.78, 5) is 0. The second kappa shape index (κ2) is 4.67. The van der Waals surface area contributed by atoms with Gasteiger partial charge in [-0.3, -0.25) is 0 Å². The average molecular weight is 209 g/mol. The van der Waals surface area contributed by atoms with Crippen LogP contribution in [-0.4, -0.2) is 24.8 Å². The van der Waals surface area contributed by atoms with Gasteiger partial charge >= 0.3 is 0 Å². The summed E-state index contributed by atoms with van der Waals surface area (Å²) in [6.07, 6.45) is 7.27. The van der Waals surface area contributed by atoms with Crippen LogP contribution in [0, 0.1) is 5.92 Å². The first-order valence-corrected chi connectivity index (χ1v) is 6.24. The summed E-state index contributed by atoms with van der Waals surface area (Å²) >= 11 is 0. The van der Waals surface area contributed by atoms with Crippen molar-refractivity contribution in [1.82, 2.24) is 5.32 Å². The Morgan fingerprint density at radius 3 is 2.73 bits per heavy atom. The van der Waals surface area contributed by atoms with Crippen LogP contribution < -0.4 is 5.32 Å². The van der Waals surface area contributed by atoms with Crippen LogP contribution in [0.1, 0.15) is 40.0 Å². The van der Waals surface area contributed by atoms with Crippen molar-refractivity contribution >= 4 is 0 Å². The van der Waals surface area contributed by atoms with E-state index in [0.717, 1.165) is 6.54 Å². The fourth-order valence-corrected chi connectivity index (χ4v) is 2.98. The maximum absolute atomic E-state index is 5.92. The third-order valence-corrected chi connectivity index (χ3v) is 3.57. The second-order valence-corrected chi connectivity index (χ2v) is 5.10. The van der Waals surface area contributed by atoms with Crippen molar-refractivity contribution in [2.75, 3.05) is 6.54 Å². The molecule has 2 nitrogen and oxygen atoms in total. The molecule has 0 aromatic heterocycles. The van der Waals surface area contributed by atoms with Gasteiger partial charge < -0.3 is 10.1 Å². The molecule has 0 aromatic carbocycles. The van der Waals surface area contributed by atoms with Crippen LogP contribution >= 0.6 is 0 Å². The first-order valence-electron chi connectivity index (χ1n) is 6.24. The van der Waals surface area contributed by atoms with Crippen LogP contribution in [0.2, 0.25) is 0 Å². The summed E-state index contributed by atoms with van der Waals surface area (Å²) < 4.78 is 5.92. The Balaban J connectivity index is 2.02. The van der Waals surface area contributed by atoms with Crippen molar-refractivity contribution in [1.29, 1.82) is 0 Å². The van der Waals surface area contributed by atoms with E-state index in [2.05, 4.69) is 32.2 Å². The molecule has 2 bridgehead atoms. The second-order valence-electron chi connectivity index (χ2n) is 5.10. The van der Waals surface area contributed by atoms with Gasteiger partial charge in [-0.05, 0) is 39.7 Å². The molecular formula is C13H23NO. The topological polar surface area (TPSA) is 21.3 Å². The summed E-state index contributed by atoms with van der Waals surface area (Å²) in [5.74, 6) is 0.707. The van der Waals surface area contributed by atoms with Gasteiger partial charge in [-0.25, -0.2) is 0 Å². The monoisotopic (exact) mass is 209 g/mol. The Bertz CT molecular complexity index is 245. The lowest BCUT2D eigenvalue weighted by Gasteiger charge is -2.27. The summed E-state index contributed by atoms with van der Waals surface area (Å²) in [5.41, 5.74) is 1.41. The summed E-state index contributed by atoms with van der Waals surface area (Å²) in [6, 6.07) is 0.523. The van der Waals surface area contributed by atoms with E-state index >= 15 is 0 Å². The van der Waals surface area contributed by atoms with E-state index < -0.39 is 0 Å². The Labute approximate surface area is 93.1 Å². The molecule has 2 saturated heterocycles. The molecule has 86 valence electrons. The molecule has 0 aliphatic carbocycles. The van der Waals surface area contributed by atoms with Gasteiger partial charge in [0, 0.05) is 12.0 Å². The molecule has 4 atom stereocenters. The van der Waals surface area contributed by atoms with Crippen LogP contribution in [0.15, 0.2) is 11.6 Å². The first kappa shape index (κ1) is 11.2. The molecule has 2 aliphatic rings. The van der Waals surface area contributed by atoms with E-state index in [4.69, 9.17) is 4.74 Å². The minimum absolute atomic E-state index is 0.523. The molecule has 15 heavy (non-hydrogen) atoms. The Morgan fingerprint density at radius 1 is 1.47 bits per heavy atom. The van der Waals surface area contributed by atoms with Crippen LogP contribution in [0.5, 0.6) is 0 Å². The lowest BCUT2D eigenvalue weighted by atomic mass is 9.83. The van der Waals surface area contributed by atoms with Crippen molar-refractivity contribution in [3.05, 3.63) is 11.6 Å². The molecule has 0 spiro atoms. The third-order valence-electron chi connectivity index (χ3n) is 3.57. The number of hydrogen-bond donors (Lipinski definition) is 1. The predicted octanol–water partition coefficient (Wildman–Crippen LogP) is 2.50. The van der Waals surface area contributed by atoms with Gasteiger partial charge in [0.25, 0.3) is 0 Å². The predicted molar refractivity (Wildman–Crippen MR) is 62.9 cm³/mol. The highest BCUT2D eigenvalue weighted by Gasteiger charge is 2.43. The van der Waals surface area contributed by atoms with Crippen molar-refractivity contribution in [3.8, 4) is 0 Å². The number of fused-ring (bicyclic) bond motifs is 2. The van der Waals surface area contributed by atoms with Gasteiger partial charge in [0.2, 0.25) is 0 Å². The quantitative estimate of drug-likeness (QED) is 0.718. The fourth-order valence-electron chi connectivity index (χ4n) is 2.98. The van der Waals surface area contributed by atoms with Crippen LogP contribution in [0.3, 0.4) is 0 Å². The lowest BCUT2D eigenvalue weighted by Crippen LogP contribution is -2.39. The molecule has 2 aliphatic heterocycles. The highest BCUT2D eigenvalue weighted by molar-refractivity contribution is 5.07. The largest absolute Gasteiger partial charge is 0.375 e. The third kappa shape index (κ3) is 2.43. The van der Waals surface area contributed by atoms with E-state index in [-0.39, 0.29) is 0 Å². The van der Waals surface area contributed by atoms with E-state index in [1.54, 1.807) is 0 Å². The van der Waals surface area contributed by atoms with Crippen LogP contribution in [-0.2, 0) is 4.74 Å². The van der Waals surface area contributed by atoms with Crippen molar-refractivity contribution in [3.63, 3.8) is 0 Å². The SMILES string of the molecule is CCNC(C=C(C)C)C1CC2CCC1O2. The highest BCUT2D eigenvalue weighted by Crippen LogP contribution is 2.40. The van der Waals surface area contributed by atoms with E-state index in [9.17, 15) is 0 Å². The zero-order valence-corrected chi connectivity index (χ0v) is 10.1. The van der Waals surface area contributed by atoms with Crippen molar-refractivity contribution < 1.29 is 4.74 Å². The lowest BCUT2D eigenvalue weighted by molar-refractivity contribution is 0.0889. The zero-order chi connectivity index (χ0) is 10.8. The fraction of sp³-hybridized carbons (Fsp3) is 0.846. The number of ether oxygens (including phenoxy) is 1. The normalized spacial score (nSPS) is 35.5. The maximum atomic E-state index is 5.92. The zero-order valence-electron chi connectivity index (χ0n) is 10.1. The molecule has 1 N–H and O–H groups in total. The molecule has 0 saturated carbocycles. The molecule has 0 radical (unpaired) electrons. The summed E-state index contributed by atoms with van der Waals surface area (Å²) in [5, 5.41) is 3.58. The minimum atomic E-state index is 0.523.